The zero-order chi connectivity index (χ0) is 11.8. The molecular formula is C10H10BF3O2. The third kappa shape index (κ3) is 2.39. The topological polar surface area (TPSA) is 18.5 Å². The van der Waals surface area contributed by atoms with Crippen LogP contribution in [0.5, 0.6) is 0 Å². The Balaban J connectivity index is 2.14. The van der Waals surface area contributed by atoms with Crippen molar-refractivity contribution < 1.29 is 22.5 Å². The maximum Gasteiger partial charge on any atom is 0.494 e. The average molecular weight is 230 g/mol. The molecule has 0 spiro atoms. The van der Waals surface area contributed by atoms with Crippen molar-refractivity contribution in [2.24, 2.45) is 0 Å². The van der Waals surface area contributed by atoms with Crippen LogP contribution in [-0.4, -0.2) is 19.8 Å². The quantitative estimate of drug-likeness (QED) is 0.685. The lowest BCUT2D eigenvalue weighted by Crippen LogP contribution is -2.32. The summed E-state index contributed by atoms with van der Waals surface area (Å²) >= 11 is 0. The van der Waals surface area contributed by atoms with Gasteiger partial charge in [0, 0.05) is 0 Å². The standard InChI is InChI=1S/C10H10BF3O2/c1-7-6-15-11(16-7)9-4-2-8(3-5-9)10(12,13)14/h2-5,7H,6H2,1H3. The van der Waals surface area contributed by atoms with Crippen molar-refractivity contribution in [2.45, 2.75) is 19.2 Å². The normalized spacial score (nSPS) is 21.5. The molecule has 1 saturated heterocycles. The first-order chi connectivity index (χ1) is 7.47. The molecule has 0 N–H and O–H groups in total. The summed E-state index contributed by atoms with van der Waals surface area (Å²) in [5.74, 6) is 0. The molecule has 0 amide bonds. The molecule has 1 unspecified atom stereocenters. The Morgan fingerprint density at radius 2 is 1.88 bits per heavy atom. The number of benzene rings is 1. The number of alkyl halides is 3. The van der Waals surface area contributed by atoms with Crippen LogP contribution in [0.1, 0.15) is 12.5 Å². The minimum absolute atomic E-state index is 0.0210. The lowest BCUT2D eigenvalue weighted by molar-refractivity contribution is -0.137. The molecule has 1 aromatic carbocycles. The monoisotopic (exact) mass is 230 g/mol. The van der Waals surface area contributed by atoms with E-state index in [0.29, 0.717) is 12.1 Å². The van der Waals surface area contributed by atoms with Gasteiger partial charge in [0.05, 0.1) is 18.3 Å². The van der Waals surface area contributed by atoms with E-state index >= 15 is 0 Å². The van der Waals surface area contributed by atoms with Crippen molar-refractivity contribution in [1.29, 1.82) is 0 Å². The van der Waals surface area contributed by atoms with Crippen molar-refractivity contribution in [1.82, 2.24) is 0 Å². The van der Waals surface area contributed by atoms with E-state index in [2.05, 4.69) is 0 Å². The van der Waals surface area contributed by atoms with Gasteiger partial charge in [-0.1, -0.05) is 24.3 Å². The van der Waals surface area contributed by atoms with Gasteiger partial charge in [0.2, 0.25) is 0 Å². The average Bonchev–Trinajstić information content (AvgIpc) is 2.64. The van der Waals surface area contributed by atoms with Crippen LogP contribution in [0, 0.1) is 0 Å². The Labute approximate surface area is 91.5 Å². The molecule has 0 bridgehead atoms. The van der Waals surface area contributed by atoms with Crippen molar-refractivity contribution in [3.05, 3.63) is 29.8 Å². The molecule has 0 saturated carbocycles. The van der Waals surface area contributed by atoms with Crippen molar-refractivity contribution >= 4 is 12.6 Å². The Morgan fingerprint density at radius 3 is 2.31 bits per heavy atom. The molecule has 1 fully saturated rings. The summed E-state index contributed by atoms with van der Waals surface area (Å²) in [5.41, 5.74) is -0.0559. The molecular weight excluding hydrogens is 220 g/mol. The zero-order valence-corrected chi connectivity index (χ0v) is 8.62. The van der Waals surface area contributed by atoms with Gasteiger partial charge in [-0.3, -0.25) is 0 Å². The number of rotatable bonds is 1. The number of hydrogen-bond donors (Lipinski definition) is 0. The van der Waals surface area contributed by atoms with Gasteiger partial charge in [-0.2, -0.15) is 13.2 Å². The Kier molecular flexibility index (Phi) is 2.94. The fourth-order valence-corrected chi connectivity index (χ4v) is 1.52. The Hall–Kier alpha value is -1.01. The molecule has 86 valence electrons. The highest BCUT2D eigenvalue weighted by Crippen LogP contribution is 2.28. The molecule has 2 nitrogen and oxygen atoms in total. The minimum Gasteiger partial charge on any atom is -0.405 e. The van der Waals surface area contributed by atoms with Gasteiger partial charge < -0.3 is 9.31 Å². The minimum atomic E-state index is -4.30. The highest BCUT2D eigenvalue weighted by Gasteiger charge is 2.33. The van der Waals surface area contributed by atoms with Gasteiger partial charge in [0.15, 0.2) is 0 Å². The predicted molar refractivity (Wildman–Crippen MR) is 53.3 cm³/mol. The molecule has 0 aromatic heterocycles. The highest BCUT2D eigenvalue weighted by atomic mass is 19.4. The first-order valence-electron chi connectivity index (χ1n) is 4.91. The van der Waals surface area contributed by atoms with E-state index in [9.17, 15) is 13.2 Å². The number of halogens is 3. The third-order valence-corrected chi connectivity index (χ3v) is 2.35. The van der Waals surface area contributed by atoms with Crippen LogP contribution in [0.15, 0.2) is 24.3 Å². The maximum absolute atomic E-state index is 12.3. The van der Waals surface area contributed by atoms with E-state index in [1.807, 2.05) is 6.92 Å². The van der Waals surface area contributed by atoms with E-state index in [1.54, 1.807) is 0 Å². The van der Waals surface area contributed by atoms with Crippen LogP contribution in [0.2, 0.25) is 0 Å². The second-order valence-electron chi connectivity index (χ2n) is 3.73. The molecule has 0 radical (unpaired) electrons. The molecule has 6 heteroatoms. The van der Waals surface area contributed by atoms with Crippen LogP contribution >= 0.6 is 0 Å². The smallest absolute Gasteiger partial charge is 0.405 e. The van der Waals surface area contributed by atoms with Crippen LogP contribution < -0.4 is 5.46 Å². The molecule has 16 heavy (non-hydrogen) atoms. The summed E-state index contributed by atoms with van der Waals surface area (Å²) in [7, 11) is -0.544. The predicted octanol–water partition coefficient (Wildman–Crippen LogP) is 1.84. The van der Waals surface area contributed by atoms with Crippen molar-refractivity contribution in [3.63, 3.8) is 0 Å². The third-order valence-electron chi connectivity index (χ3n) is 2.35. The molecule has 1 atom stereocenters. The fraction of sp³-hybridized carbons (Fsp3) is 0.400. The molecule has 1 aliphatic heterocycles. The van der Waals surface area contributed by atoms with Gasteiger partial charge in [-0.15, -0.1) is 0 Å². The maximum atomic E-state index is 12.3. The first-order valence-corrected chi connectivity index (χ1v) is 4.91. The molecule has 2 rings (SSSR count). The van der Waals surface area contributed by atoms with E-state index < -0.39 is 18.9 Å². The van der Waals surface area contributed by atoms with Crippen LogP contribution in [-0.2, 0) is 15.5 Å². The van der Waals surface area contributed by atoms with Gasteiger partial charge in [-0.25, -0.2) is 0 Å². The Morgan fingerprint density at radius 1 is 1.25 bits per heavy atom. The highest BCUT2D eigenvalue weighted by molar-refractivity contribution is 6.61. The summed E-state index contributed by atoms with van der Waals surface area (Å²) in [4.78, 5) is 0. The lowest BCUT2D eigenvalue weighted by Gasteiger charge is -2.08. The lowest BCUT2D eigenvalue weighted by atomic mass is 9.79. The molecule has 1 aliphatic rings. The second-order valence-corrected chi connectivity index (χ2v) is 3.73. The van der Waals surface area contributed by atoms with Crippen LogP contribution in [0.25, 0.3) is 0 Å². The molecule has 0 aliphatic carbocycles. The van der Waals surface area contributed by atoms with Gasteiger partial charge in [-0.05, 0) is 12.4 Å². The van der Waals surface area contributed by atoms with E-state index in [0.717, 1.165) is 12.1 Å². The molecule has 1 aromatic rings. The summed E-state index contributed by atoms with van der Waals surface area (Å²) < 4.78 is 47.5. The van der Waals surface area contributed by atoms with Gasteiger partial charge in [0.1, 0.15) is 0 Å². The number of hydrogen-bond acceptors (Lipinski definition) is 2. The van der Waals surface area contributed by atoms with Crippen LogP contribution in [0.3, 0.4) is 0 Å². The van der Waals surface area contributed by atoms with E-state index in [4.69, 9.17) is 9.31 Å². The van der Waals surface area contributed by atoms with Gasteiger partial charge >= 0.3 is 13.3 Å². The Bertz CT molecular complexity index is 363. The van der Waals surface area contributed by atoms with E-state index in [1.165, 1.54) is 12.1 Å². The first kappa shape index (κ1) is 11.5. The van der Waals surface area contributed by atoms with Crippen LogP contribution in [0.4, 0.5) is 13.2 Å². The summed E-state index contributed by atoms with van der Waals surface area (Å²) in [5, 5.41) is 0. The van der Waals surface area contributed by atoms with Gasteiger partial charge in [0.25, 0.3) is 0 Å². The fourth-order valence-electron chi connectivity index (χ4n) is 1.52. The largest absolute Gasteiger partial charge is 0.494 e. The zero-order valence-electron chi connectivity index (χ0n) is 8.62. The summed E-state index contributed by atoms with van der Waals surface area (Å²) in [6.07, 6.45) is -4.32. The molecule has 1 heterocycles. The summed E-state index contributed by atoms with van der Waals surface area (Å²) in [6, 6.07) is 4.83. The van der Waals surface area contributed by atoms with Crippen molar-refractivity contribution in [2.75, 3.05) is 6.61 Å². The van der Waals surface area contributed by atoms with Crippen molar-refractivity contribution in [3.8, 4) is 0 Å². The summed E-state index contributed by atoms with van der Waals surface area (Å²) in [6.45, 7) is 2.32. The van der Waals surface area contributed by atoms with E-state index in [-0.39, 0.29) is 6.10 Å². The SMILES string of the molecule is CC1COB(c2ccc(C(F)(F)F)cc2)O1. The second kappa shape index (κ2) is 4.10.